The second-order valence-corrected chi connectivity index (χ2v) is 9.61. The number of hydrogen-bond donors (Lipinski definition) is 1. The zero-order valence-corrected chi connectivity index (χ0v) is 20.9. The molecule has 1 aliphatic carbocycles. The van der Waals surface area contributed by atoms with Crippen LogP contribution >= 0.6 is 0 Å². The molecule has 0 fully saturated rings. The largest absolute Gasteiger partial charge is 0.452 e. The summed E-state index contributed by atoms with van der Waals surface area (Å²) in [6.07, 6.45) is 4.86. The number of carbonyl (C=O) groups is 2. The first-order valence-electron chi connectivity index (χ1n) is 13.0. The first-order valence-corrected chi connectivity index (χ1v) is 13.0. The van der Waals surface area contributed by atoms with Gasteiger partial charge in [0.1, 0.15) is 0 Å². The molecule has 2 aromatic heterocycles. The standard InChI is InChI=1S/C31H29N3O3/c1-2-34-27-15-9-7-10-21(27)24-18-20(16-17-28(24)34)32-29(35)19-37-31(36)30-22-11-4-3-5-13-25(22)33-26-14-8-6-12-23(26)30/h6-10,12,14-18H,2-5,11,13,19H2,1H3,(H,32,35). The fraction of sp³-hybridized carbons (Fsp3) is 0.258. The number of aromatic nitrogens is 2. The van der Waals surface area contributed by atoms with E-state index in [4.69, 9.17) is 9.72 Å². The van der Waals surface area contributed by atoms with Crippen LogP contribution in [-0.4, -0.2) is 28.0 Å². The number of pyridine rings is 1. The molecule has 0 saturated carbocycles. The highest BCUT2D eigenvalue weighted by Crippen LogP contribution is 2.31. The number of hydrogen-bond acceptors (Lipinski definition) is 4. The molecule has 1 N–H and O–H groups in total. The van der Waals surface area contributed by atoms with E-state index in [1.54, 1.807) is 0 Å². The highest BCUT2D eigenvalue weighted by atomic mass is 16.5. The van der Waals surface area contributed by atoms with E-state index in [0.717, 1.165) is 77.1 Å². The number of ether oxygens (including phenoxy) is 1. The third-order valence-corrected chi connectivity index (χ3v) is 7.33. The summed E-state index contributed by atoms with van der Waals surface area (Å²) in [4.78, 5) is 31.0. The van der Waals surface area contributed by atoms with E-state index in [1.165, 1.54) is 5.52 Å². The summed E-state index contributed by atoms with van der Waals surface area (Å²) < 4.78 is 7.84. The van der Waals surface area contributed by atoms with Crippen LogP contribution in [0.15, 0.2) is 66.7 Å². The van der Waals surface area contributed by atoms with Gasteiger partial charge in [0.2, 0.25) is 0 Å². The number of benzene rings is 3. The van der Waals surface area contributed by atoms with E-state index in [1.807, 2.05) is 54.6 Å². The third kappa shape index (κ3) is 4.22. The Morgan fingerprint density at radius 3 is 2.51 bits per heavy atom. The molecule has 0 unspecified atom stereocenters. The minimum atomic E-state index is -0.464. The lowest BCUT2D eigenvalue weighted by Crippen LogP contribution is -2.22. The maximum atomic E-state index is 13.3. The molecule has 0 spiro atoms. The van der Waals surface area contributed by atoms with Gasteiger partial charge in [-0.15, -0.1) is 0 Å². The van der Waals surface area contributed by atoms with Crippen molar-refractivity contribution < 1.29 is 14.3 Å². The number of carbonyl (C=O) groups excluding carboxylic acids is 2. The van der Waals surface area contributed by atoms with Crippen molar-refractivity contribution in [3.05, 3.63) is 83.6 Å². The highest BCUT2D eigenvalue weighted by molar-refractivity contribution is 6.10. The van der Waals surface area contributed by atoms with Gasteiger partial charge in [0.25, 0.3) is 5.91 Å². The predicted octanol–water partition coefficient (Wildman–Crippen LogP) is 6.43. The number of rotatable bonds is 5. The van der Waals surface area contributed by atoms with Gasteiger partial charge in [-0.05, 0) is 68.5 Å². The van der Waals surface area contributed by atoms with Gasteiger partial charge in [-0.3, -0.25) is 9.78 Å². The van der Waals surface area contributed by atoms with Gasteiger partial charge in [0.05, 0.1) is 11.1 Å². The lowest BCUT2D eigenvalue weighted by molar-refractivity contribution is -0.119. The summed E-state index contributed by atoms with van der Waals surface area (Å²) in [5.74, 6) is -0.829. The molecule has 6 nitrogen and oxygen atoms in total. The van der Waals surface area contributed by atoms with E-state index in [9.17, 15) is 9.59 Å². The smallest absolute Gasteiger partial charge is 0.339 e. The Morgan fingerprint density at radius 2 is 1.65 bits per heavy atom. The van der Waals surface area contributed by atoms with Crippen LogP contribution in [0.25, 0.3) is 32.7 Å². The molecule has 5 aromatic rings. The van der Waals surface area contributed by atoms with Crippen molar-refractivity contribution in [2.75, 3.05) is 11.9 Å². The highest BCUT2D eigenvalue weighted by Gasteiger charge is 2.23. The van der Waals surface area contributed by atoms with Crippen LogP contribution < -0.4 is 5.32 Å². The van der Waals surface area contributed by atoms with Crippen molar-refractivity contribution >= 4 is 50.3 Å². The average molecular weight is 492 g/mol. The number of esters is 1. The Bertz CT molecular complexity index is 1670. The minimum absolute atomic E-state index is 0.348. The second kappa shape index (κ2) is 9.69. The molecule has 2 heterocycles. The summed E-state index contributed by atoms with van der Waals surface area (Å²) in [5, 5.41) is 5.92. The van der Waals surface area contributed by atoms with E-state index in [2.05, 4.69) is 28.9 Å². The Hall–Kier alpha value is -4.19. The molecule has 6 rings (SSSR count). The van der Waals surface area contributed by atoms with Crippen LogP contribution in [0.4, 0.5) is 5.69 Å². The van der Waals surface area contributed by atoms with Crippen molar-refractivity contribution in [2.24, 2.45) is 0 Å². The molecular formula is C31H29N3O3. The second-order valence-electron chi connectivity index (χ2n) is 9.61. The van der Waals surface area contributed by atoms with Gasteiger partial charge in [0, 0.05) is 45.1 Å². The molecule has 0 atom stereocenters. The lowest BCUT2D eigenvalue weighted by Gasteiger charge is -2.15. The summed E-state index contributed by atoms with van der Waals surface area (Å²) in [5.41, 5.74) is 6.27. The Balaban J connectivity index is 1.23. The van der Waals surface area contributed by atoms with Crippen molar-refractivity contribution in [3.63, 3.8) is 0 Å². The Morgan fingerprint density at radius 1 is 0.892 bits per heavy atom. The fourth-order valence-corrected chi connectivity index (χ4v) is 5.65. The predicted molar refractivity (Wildman–Crippen MR) is 147 cm³/mol. The molecule has 3 aromatic carbocycles. The van der Waals surface area contributed by atoms with Crippen LogP contribution in [0.2, 0.25) is 0 Å². The van der Waals surface area contributed by atoms with Gasteiger partial charge in [-0.1, -0.05) is 42.8 Å². The van der Waals surface area contributed by atoms with E-state index >= 15 is 0 Å². The molecule has 186 valence electrons. The number of fused-ring (bicyclic) bond motifs is 5. The number of amides is 1. The van der Waals surface area contributed by atoms with Crippen LogP contribution in [0, 0.1) is 0 Å². The van der Waals surface area contributed by atoms with E-state index in [0.29, 0.717) is 11.3 Å². The number of aryl methyl sites for hydroxylation is 2. The Labute approximate surface area is 215 Å². The van der Waals surface area contributed by atoms with Crippen LogP contribution in [-0.2, 0) is 28.9 Å². The zero-order chi connectivity index (χ0) is 25.4. The van der Waals surface area contributed by atoms with Crippen molar-refractivity contribution in [3.8, 4) is 0 Å². The monoisotopic (exact) mass is 491 g/mol. The molecule has 1 aliphatic rings. The number of anilines is 1. The van der Waals surface area contributed by atoms with Gasteiger partial charge in [0.15, 0.2) is 6.61 Å². The molecule has 6 heteroatoms. The van der Waals surface area contributed by atoms with Gasteiger partial charge >= 0.3 is 5.97 Å². The summed E-state index contributed by atoms with van der Waals surface area (Å²) in [7, 11) is 0. The van der Waals surface area contributed by atoms with Crippen LogP contribution in [0.3, 0.4) is 0 Å². The number of para-hydroxylation sites is 2. The van der Waals surface area contributed by atoms with Crippen molar-refractivity contribution in [1.29, 1.82) is 0 Å². The van der Waals surface area contributed by atoms with Gasteiger partial charge < -0.3 is 14.6 Å². The first kappa shape index (κ1) is 23.2. The van der Waals surface area contributed by atoms with E-state index < -0.39 is 5.97 Å². The van der Waals surface area contributed by atoms with E-state index in [-0.39, 0.29) is 12.5 Å². The zero-order valence-electron chi connectivity index (χ0n) is 20.9. The maximum Gasteiger partial charge on any atom is 0.339 e. The van der Waals surface area contributed by atoms with Gasteiger partial charge in [-0.2, -0.15) is 0 Å². The van der Waals surface area contributed by atoms with Crippen LogP contribution in [0.1, 0.15) is 47.8 Å². The molecular weight excluding hydrogens is 462 g/mol. The molecule has 1 amide bonds. The minimum Gasteiger partial charge on any atom is -0.452 e. The molecule has 0 radical (unpaired) electrons. The SMILES string of the molecule is CCn1c2ccccc2c2cc(NC(=O)COC(=O)c3c4c(nc5ccccc35)CCCCC4)ccc21. The molecule has 0 saturated heterocycles. The van der Waals surface area contributed by atoms with Crippen molar-refractivity contribution in [1.82, 2.24) is 9.55 Å². The summed E-state index contributed by atoms with van der Waals surface area (Å²) in [6.45, 7) is 2.64. The summed E-state index contributed by atoms with van der Waals surface area (Å²) >= 11 is 0. The average Bonchev–Trinajstić information content (AvgIpc) is 3.05. The quantitative estimate of drug-likeness (QED) is 0.227. The third-order valence-electron chi connectivity index (χ3n) is 7.33. The van der Waals surface area contributed by atoms with Crippen LogP contribution in [0.5, 0.6) is 0 Å². The fourth-order valence-electron chi connectivity index (χ4n) is 5.65. The Kier molecular flexibility index (Phi) is 6.08. The lowest BCUT2D eigenvalue weighted by atomic mass is 9.97. The topological polar surface area (TPSA) is 73.2 Å². The number of nitrogens with zero attached hydrogens (tertiary/aromatic N) is 2. The summed E-state index contributed by atoms with van der Waals surface area (Å²) in [6, 6.07) is 21.8. The molecule has 37 heavy (non-hydrogen) atoms. The molecule has 0 bridgehead atoms. The first-order chi connectivity index (χ1) is 18.1. The molecule has 0 aliphatic heterocycles. The maximum absolute atomic E-state index is 13.3. The normalized spacial score (nSPS) is 13.4. The van der Waals surface area contributed by atoms with Crippen molar-refractivity contribution in [2.45, 2.75) is 45.6 Å². The van der Waals surface area contributed by atoms with Gasteiger partial charge in [-0.25, -0.2) is 4.79 Å². The number of nitrogens with one attached hydrogen (secondary N) is 1.